The van der Waals surface area contributed by atoms with Gasteiger partial charge in [-0.2, -0.15) is 0 Å². The van der Waals surface area contributed by atoms with Crippen LogP contribution in [0.4, 0.5) is 11.4 Å². The van der Waals surface area contributed by atoms with Gasteiger partial charge in [0.2, 0.25) is 5.91 Å². The first-order valence-corrected chi connectivity index (χ1v) is 7.98. The average molecular weight is 305 g/mol. The first kappa shape index (κ1) is 15.8. The van der Waals surface area contributed by atoms with Crippen LogP contribution in [0.2, 0.25) is 0 Å². The number of nitrogens with zero attached hydrogens (tertiary/aromatic N) is 1. The Labute approximate surface area is 131 Å². The van der Waals surface area contributed by atoms with Crippen LogP contribution in [-0.4, -0.2) is 23.6 Å². The molecule has 1 aliphatic heterocycles. The number of carbonyl (C=O) groups is 1. The standard InChI is InChI=1S/C16H23N3OS/c1-3-15(20)18-16(21)17-13-7-9-14(10-8-13)19-11-5-4-6-12(19)2/h7-10,12H,3-6,11H2,1-2H3,(H2,17,18,20,21)/t12-/m1/s1. The van der Waals surface area contributed by atoms with Crippen molar-refractivity contribution in [2.24, 2.45) is 0 Å². The summed E-state index contributed by atoms with van der Waals surface area (Å²) in [4.78, 5) is 13.7. The number of anilines is 2. The second kappa shape index (κ2) is 7.41. The van der Waals surface area contributed by atoms with Gasteiger partial charge >= 0.3 is 0 Å². The molecule has 1 heterocycles. The second-order valence-electron chi connectivity index (χ2n) is 5.44. The smallest absolute Gasteiger partial charge is 0.225 e. The van der Waals surface area contributed by atoms with Gasteiger partial charge in [-0.3, -0.25) is 4.79 Å². The quantitative estimate of drug-likeness (QED) is 0.841. The molecule has 0 spiro atoms. The first-order chi connectivity index (χ1) is 10.1. The fourth-order valence-corrected chi connectivity index (χ4v) is 2.83. The van der Waals surface area contributed by atoms with E-state index in [1.165, 1.54) is 24.9 Å². The van der Waals surface area contributed by atoms with E-state index < -0.39 is 0 Å². The molecule has 0 saturated carbocycles. The Bertz CT molecular complexity index is 501. The maximum absolute atomic E-state index is 11.3. The molecule has 21 heavy (non-hydrogen) atoms. The molecule has 0 radical (unpaired) electrons. The molecule has 0 unspecified atom stereocenters. The average Bonchev–Trinajstić information content (AvgIpc) is 2.48. The van der Waals surface area contributed by atoms with Crippen molar-refractivity contribution in [1.82, 2.24) is 5.32 Å². The number of nitrogens with one attached hydrogen (secondary N) is 2. The number of hydrogen-bond acceptors (Lipinski definition) is 3. The van der Waals surface area contributed by atoms with Crippen molar-refractivity contribution >= 4 is 34.6 Å². The molecule has 1 fully saturated rings. The van der Waals surface area contributed by atoms with E-state index in [0.29, 0.717) is 17.6 Å². The molecule has 0 aliphatic carbocycles. The normalized spacial score (nSPS) is 18.2. The summed E-state index contributed by atoms with van der Waals surface area (Å²) in [7, 11) is 0. The van der Waals surface area contributed by atoms with Gasteiger partial charge in [-0.1, -0.05) is 6.92 Å². The van der Waals surface area contributed by atoms with Gasteiger partial charge in [0.05, 0.1) is 0 Å². The minimum Gasteiger partial charge on any atom is -0.369 e. The summed E-state index contributed by atoms with van der Waals surface area (Å²) in [5.41, 5.74) is 2.14. The van der Waals surface area contributed by atoms with Gasteiger partial charge in [-0.15, -0.1) is 0 Å². The summed E-state index contributed by atoms with van der Waals surface area (Å²) < 4.78 is 0. The summed E-state index contributed by atoms with van der Waals surface area (Å²) in [6.45, 7) is 5.20. The molecule has 4 nitrogen and oxygen atoms in total. The minimum atomic E-state index is -0.0775. The number of rotatable bonds is 3. The first-order valence-electron chi connectivity index (χ1n) is 7.57. The SMILES string of the molecule is CCC(=O)NC(=S)Nc1ccc(N2CCCC[C@H]2C)cc1. The largest absolute Gasteiger partial charge is 0.369 e. The van der Waals surface area contributed by atoms with Crippen LogP contribution >= 0.6 is 12.2 Å². The molecular weight excluding hydrogens is 282 g/mol. The summed E-state index contributed by atoms with van der Waals surface area (Å²) in [5.74, 6) is -0.0775. The molecule has 114 valence electrons. The second-order valence-corrected chi connectivity index (χ2v) is 5.85. The molecule has 1 aliphatic rings. The van der Waals surface area contributed by atoms with E-state index in [9.17, 15) is 4.79 Å². The Morgan fingerprint density at radius 1 is 1.33 bits per heavy atom. The van der Waals surface area contributed by atoms with Gasteiger partial charge in [0, 0.05) is 30.4 Å². The van der Waals surface area contributed by atoms with Crippen molar-refractivity contribution in [2.45, 2.75) is 45.6 Å². The third kappa shape index (κ3) is 4.43. The van der Waals surface area contributed by atoms with Crippen molar-refractivity contribution in [1.29, 1.82) is 0 Å². The van der Waals surface area contributed by atoms with Crippen LogP contribution in [0.1, 0.15) is 39.5 Å². The molecule has 1 atom stereocenters. The molecule has 5 heteroatoms. The maximum Gasteiger partial charge on any atom is 0.225 e. The molecule has 0 aromatic heterocycles. The zero-order chi connectivity index (χ0) is 15.2. The molecule has 1 saturated heterocycles. The highest BCUT2D eigenvalue weighted by atomic mass is 32.1. The van der Waals surface area contributed by atoms with E-state index in [0.717, 1.165) is 12.2 Å². The Morgan fingerprint density at radius 3 is 2.67 bits per heavy atom. The lowest BCUT2D eigenvalue weighted by Gasteiger charge is -2.35. The van der Waals surface area contributed by atoms with E-state index in [4.69, 9.17) is 12.2 Å². The lowest BCUT2D eigenvalue weighted by atomic mass is 10.0. The van der Waals surface area contributed by atoms with Crippen molar-refractivity contribution in [3.63, 3.8) is 0 Å². The highest BCUT2D eigenvalue weighted by molar-refractivity contribution is 7.80. The number of carbonyl (C=O) groups excluding carboxylic acids is 1. The Balaban J connectivity index is 1.95. The fraction of sp³-hybridized carbons (Fsp3) is 0.500. The van der Waals surface area contributed by atoms with Crippen molar-refractivity contribution in [2.75, 3.05) is 16.8 Å². The minimum absolute atomic E-state index is 0.0775. The molecule has 1 aromatic rings. The predicted octanol–water partition coefficient (Wildman–Crippen LogP) is 3.29. The predicted molar refractivity (Wildman–Crippen MR) is 91.8 cm³/mol. The van der Waals surface area contributed by atoms with E-state index in [-0.39, 0.29) is 5.91 Å². The van der Waals surface area contributed by atoms with E-state index in [1.807, 2.05) is 12.1 Å². The zero-order valence-electron chi connectivity index (χ0n) is 12.7. The molecule has 1 aromatic carbocycles. The van der Waals surface area contributed by atoms with Crippen LogP contribution in [0.5, 0.6) is 0 Å². The van der Waals surface area contributed by atoms with E-state index in [2.05, 4.69) is 34.6 Å². The number of thiocarbonyl (C=S) groups is 1. The van der Waals surface area contributed by atoms with Crippen LogP contribution in [0.15, 0.2) is 24.3 Å². The lowest BCUT2D eigenvalue weighted by Crippen LogP contribution is -2.37. The Kier molecular flexibility index (Phi) is 5.56. The van der Waals surface area contributed by atoms with Crippen molar-refractivity contribution in [3.05, 3.63) is 24.3 Å². The summed E-state index contributed by atoms with van der Waals surface area (Å²) in [6.07, 6.45) is 4.26. The van der Waals surface area contributed by atoms with Gasteiger partial charge in [0.25, 0.3) is 0 Å². The number of benzene rings is 1. The van der Waals surface area contributed by atoms with Crippen molar-refractivity contribution < 1.29 is 4.79 Å². The zero-order valence-corrected chi connectivity index (χ0v) is 13.5. The number of hydrogen-bond donors (Lipinski definition) is 2. The molecule has 1 amide bonds. The van der Waals surface area contributed by atoms with Crippen LogP contribution in [-0.2, 0) is 4.79 Å². The van der Waals surface area contributed by atoms with Crippen molar-refractivity contribution in [3.8, 4) is 0 Å². The van der Waals surface area contributed by atoms with Gasteiger partial charge in [-0.25, -0.2) is 0 Å². The third-order valence-corrected chi connectivity index (χ3v) is 4.04. The maximum atomic E-state index is 11.3. The molecule has 0 bridgehead atoms. The number of piperidine rings is 1. The van der Waals surface area contributed by atoms with Crippen LogP contribution in [0.25, 0.3) is 0 Å². The topological polar surface area (TPSA) is 44.4 Å². The van der Waals surface area contributed by atoms with Gasteiger partial charge in [0.1, 0.15) is 0 Å². The molecular formula is C16H23N3OS. The molecule has 2 N–H and O–H groups in total. The lowest BCUT2D eigenvalue weighted by molar-refractivity contribution is -0.119. The highest BCUT2D eigenvalue weighted by Gasteiger charge is 2.18. The van der Waals surface area contributed by atoms with E-state index >= 15 is 0 Å². The van der Waals surface area contributed by atoms with E-state index in [1.54, 1.807) is 6.92 Å². The van der Waals surface area contributed by atoms with Crippen LogP contribution in [0.3, 0.4) is 0 Å². The Morgan fingerprint density at radius 2 is 2.05 bits per heavy atom. The monoisotopic (exact) mass is 305 g/mol. The van der Waals surface area contributed by atoms with Gasteiger partial charge in [-0.05, 0) is 62.7 Å². The third-order valence-electron chi connectivity index (χ3n) is 3.83. The van der Waals surface area contributed by atoms with Gasteiger partial charge < -0.3 is 15.5 Å². The highest BCUT2D eigenvalue weighted by Crippen LogP contribution is 2.25. The summed E-state index contributed by atoms with van der Waals surface area (Å²) in [6, 6.07) is 8.81. The summed E-state index contributed by atoms with van der Waals surface area (Å²) >= 11 is 5.10. The summed E-state index contributed by atoms with van der Waals surface area (Å²) in [5, 5.41) is 6.01. The van der Waals surface area contributed by atoms with Gasteiger partial charge in [0.15, 0.2) is 5.11 Å². The number of amides is 1. The Hall–Kier alpha value is -1.62. The molecule has 2 rings (SSSR count). The van der Waals surface area contributed by atoms with Crippen LogP contribution < -0.4 is 15.5 Å². The van der Waals surface area contributed by atoms with Crippen LogP contribution in [0, 0.1) is 0 Å². The fourth-order valence-electron chi connectivity index (χ4n) is 2.60.